The summed E-state index contributed by atoms with van der Waals surface area (Å²) in [7, 11) is 1.66. The Kier molecular flexibility index (Phi) is 4.61. The number of rotatable bonds is 4. The van der Waals surface area contributed by atoms with Crippen LogP contribution in [0, 0.1) is 0 Å². The fraction of sp³-hybridized carbons (Fsp3) is 1.00. The third-order valence-electron chi connectivity index (χ3n) is 1.04. The first-order valence-electron chi connectivity index (χ1n) is 2.84. The Labute approximate surface area is 54.1 Å². The van der Waals surface area contributed by atoms with Crippen molar-refractivity contribution in [1.29, 1.82) is 0 Å². The van der Waals surface area contributed by atoms with Gasteiger partial charge in [0.25, 0.3) is 0 Å². The smallest absolute Gasteiger partial charge is 0.104 e. The molecule has 4 nitrogen and oxygen atoms in total. The SMILES string of the molecule is CNC[C@@H](O)[C@@H](O)CO. The van der Waals surface area contributed by atoms with Crippen molar-refractivity contribution in [3.63, 3.8) is 0 Å². The molecule has 0 amide bonds. The highest BCUT2D eigenvalue weighted by Crippen LogP contribution is 1.88. The molecule has 0 unspecified atom stereocenters. The molecule has 4 N–H and O–H groups in total. The number of hydrogen-bond donors (Lipinski definition) is 4. The van der Waals surface area contributed by atoms with E-state index in [1.54, 1.807) is 7.05 Å². The van der Waals surface area contributed by atoms with Crippen LogP contribution in [0.3, 0.4) is 0 Å². The van der Waals surface area contributed by atoms with Crippen LogP contribution in [0.15, 0.2) is 0 Å². The Hall–Kier alpha value is -0.160. The maximum Gasteiger partial charge on any atom is 0.104 e. The zero-order chi connectivity index (χ0) is 7.28. The number of hydrogen-bond acceptors (Lipinski definition) is 4. The average Bonchev–Trinajstić information content (AvgIpc) is 1.87. The first-order valence-corrected chi connectivity index (χ1v) is 2.84. The van der Waals surface area contributed by atoms with Gasteiger partial charge in [-0.2, -0.15) is 0 Å². The van der Waals surface area contributed by atoms with E-state index in [0.717, 1.165) is 0 Å². The molecule has 0 saturated heterocycles. The van der Waals surface area contributed by atoms with Gasteiger partial charge in [-0.3, -0.25) is 0 Å². The lowest BCUT2D eigenvalue weighted by Gasteiger charge is -2.13. The van der Waals surface area contributed by atoms with E-state index in [1.165, 1.54) is 0 Å². The van der Waals surface area contributed by atoms with E-state index in [4.69, 9.17) is 15.3 Å². The average molecular weight is 135 g/mol. The highest BCUT2D eigenvalue weighted by atomic mass is 16.4. The number of aliphatic hydroxyl groups is 3. The van der Waals surface area contributed by atoms with Crippen molar-refractivity contribution in [2.45, 2.75) is 12.2 Å². The molecule has 0 bridgehead atoms. The van der Waals surface area contributed by atoms with Crippen molar-refractivity contribution < 1.29 is 15.3 Å². The Balaban J connectivity index is 3.32. The predicted octanol–water partition coefficient (Wildman–Crippen LogP) is -2.08. The van der Waals surface area contributed by atoms with Gasteiger partial charge in [0.2, 0.25) is 0 Å². The van der Waals surface area contributed by atoms with Crippen LogP contribution in [0.1, 0.15) is 0 Å². The Morgan fingerprint density at radius 1 is 1.33 bits per heavy atom. The summed E-state index contributed by atoms with van der Waals surface area (Å²) in [6, 6.07) is 0. The summed E-state index contributed by atoms with van der Waals surface area (Å²) >= 11 is 0. The predicted molar refractivity (Wildman–Crippen MR) is 33.0 cm³/mol. The highest BCUT2D eigenvalue weighted by molar-refractivity contribution is 4.66. The molecule has 4 heteroatoms. The van der Waals surface area contributed by atoms with Gasteiger partial charge in [-0.1, -0.05) is 0 Å². The van der Waals surface area contributed by atoms with Crippen LogP contribution >= 0.6 is 0 Å². The molecule has 0 aliphatic heterocycles. The quantitative estimate of drug-likeness (QED) is 0.357. The third kappa shape index (κ3) is 3.42. The molecule has 0 heterocycles. The van der Waals surface area contributed by atoms with Gasteiger partial charge in [-0.25, -0.2) is 0 Å². The van der Waals surface area contributed by atoms with Crippen LogP contribution in [0.2, 0.25) is 0 Å². The molecule has 0 saturated carbocycles. The van der Waals surface area contributed by atoms with Crippen molar-refractivity contribution in [2.75, 3.05) is 20.2 Å². The summed E-state index contributed by atoms with van der Waals surface area (Å²) in [5, 5.41) is 28.5. The molecule has 0 aromatic carbocycles. The molecule has 0 rings (SSSR count). The Bertz CT molecular complexity index is 69.2. The van der Waals surface area contributed by atoms with Crippen LogP contribution in [-0.2, 0) is 0 Å². The number of likely N-dealkylation sites (N-methyl/N-ethyl adjacent to an activating group) is 1. The molecular weight excluding hydrogens is 122 g/mol. The molecule has 0 aliphatic carbocycles. The minimum Gasteiger partial charge on any atom is -0.394 e. The zero-order valence-corrected chi connectivity index (χ0v) is 5.41. The largest absolute Gasteiger partial charge is 0.394 e. The second-order valence-corrected chi connectivity index (χ2v) is 1.87. The molecular formula is C5H13NO3. The zero-order valence-electron chi connectivity index (χ0n) is 5.41. The van der Waals surface area contributed by atoms with Crippen LogP contribution in [-0.4, -0.2) is 47.7 Å². The van der Waals surface area contributed by atoms with Gasteiger partial charge in [-0.05, 0) is 7.05 Å². The normalized spacial score (nSPS) is 17.3. The molecule has 2 atom stereocenters. The fourth-order valence-corrected chi connectivity index (χ4v) is 0.467. The minimum absolute atomic E-state index is 0.293. The molecule has 0 aromatic rings. The summed E-state index contributed by atoms with van der Waals surface area (Å²) in [4.78, 5) is 0. The summed E-state index contributed by atoms with van der Waals surface area (Å²) in [6.07, 6.45) is -1.91. The van der Waals surface area contributed by atoms with E-state index in [0.29, 0.717) is 6.54 Å². The van der Waals surface area contributed by atoms with Gasteiger partial charge in [0.15, 0.2) is 0 Å². The molecule has 0 aliphatic rings. The fourth-order valence-electron chi connectivity index (χ4n) is 0.467. The van der Waals surface area contributed by atoms with Gasteiger partial charge in [0.05, 0.1) is 12.7 Å². The van der Waals surface area contributed by atoms with Crippen LogP contribution in [0.25, 0.3) is 0 Å². The summed E-state index contributed by atoms with van der Waals surface area (Å²) in [6.45, 7) is -0.107. The molecule has 0 aromatic heterocycles. The van der Waals surface area contributed by atoms with Crippen molar-refractivity contribution >= 4 is 0 Å². The first-order chi connectivity index (χ1) is 4.22. The maximum absolute atomic E-state index is 8.85. The van der Waals surface area contributed by atoms with Gasteiger partial charge in [0, 0.05) is 6.54 Å². The lowest BCUT2D eigenvalue weighted by molar-refractivity contribution is -0.0120. The lowest BCUT2D eigenvalue weighted by Crippen LogP contribution is -2.36. The van der Waals surface area contributed by atoms with Gasteiger partial charge >= 0.3 is 0 Å². The van der Waals surface area contributed by atoms with E-state index in [-0.39, 0.29) is 0 Å². The third-order valence-corrected chi connectivity index (χ3v) is 1.04. The maximum atomic E-state index is 8.85. The highest BCUT2D eigenvalue weighted by Gasteiger charge is 2.12. The van der Waals surface area contributed by atoms with Crippen LogP contribution in [0.5, 0.6) is 0 Å². The van der Waals surface area contributed by atoms with Crippen molar-refractivity contribution in [1.82, 2.24) is 5.32 Å². The Morgan fingerprint density at radius 2 is 1.89 bits per heavy atom. The second kappa shape index (κ2) is 4.69. The lowest BCUT2D eigenvalue weighted by atomic mass is 10.2. The Morgan fingerprint density at radius 3 is 2.22 bits per heavy atom. The molecule has 9 heavy (non-hydrogen) atoms. The summed E-state index contributed by atoms with van der Waals surface area (Å²) < 4.78 is 0. The molecule has 0 radical (unpaired) electrons. The second-order valence-electron chi connectivity index (χ2n) is 1.87. The number of aliphatic hydroxyl groups excluding tert-OH is 3. The standard InChI is InChI=1S/C5H13NO3/c1-6-2-4(8)5(9)3-7/h4-9H,2-3H2,1H3/t4-,5+/m1/s1. The van der Waals surface area contributed by atoms with E-state index < -0.39 is 18.8 Å². The van der Waals surface area contributed by atoms with E-state index in [1.807, 2.05) is 0 Å². The van der Waals surface area contributed by atoms with Gasteiger partial charge in [0.1, 0.15) is 6.10 Å². The van der Waals surface area contributed by atoms with Crippen molar-refractivity contribution in [2.24, 2.45) is 0 Å². The van der Waals surface area contributed by atoms with Crippen molar-refractivity contribution in [3.05, 3.63) is 0 Å². The van der Waals surface area contributed by atoms with E-state index in [2.05, 4.69) is 5.32 Å². The molecule has 0 spiro atoms. The monoisotopic (exact) mass is 135 g/mol. The van der Waals surface area contributed by atoms with Crippen molar-refractivity contribution in [3.8, 4) is 0 Å². The van der Waals surface area contributed by atoms with Gasteiger partial charge < -0.3 is 20.6 Å². The van der Waals surface area contributed by atoms with E-state index >= 15 is 0 Å². The van der Waals surface area contributed by atoms with Crippen LogP contribution in [0.4, 0.5) is 0 Å². The van der Waals surface area contributed by atoms with Gasteiger partial charge in [-0.15, -0.1) is 0 Å². The molecule has 0 fully saturated rings. The topological polar surface area (TPSA) is 72.7 Å². The minimum atomic E-state index is -1.03. The van der Waals surface area contributed by atoms with Crippen LogP contribution < -0.4 is 5.32 Å². The van der Waals surface area contributed by atoms with E-state index in [9.17, 15) is 0 Å². The number of nitrogens with one attached hydrogen (secondary N) is 1. The molecule has 56 valence electrons. The summed E-state index contributed by atoms with van der Waals surface area (Å²) in [5.74, 6) is 0. The summed E-state index contributed by atoms with van der Waals surface area (Å²) in [5.41, 5.74) is 0. The first kappa shape index (κ1) is 8.84.